The number of fused-ring (bicyclic) bond motifs is 1. The molecule has 118 valence electrons. The van der Waals surface area contributed by atoms with Crippen molar-refractivity contribution in [2.75, 3.05) is 19.2 Å². The molecule has 0 aliphatic heterocycles. The molecule has 23 heavy (non-hydrogen) atoms. The molecule has 0 atom stereocenters. The summed E-state index contributed by atoms with van der Waals surface area (Å²) < 4.78 is 5.97. The summed E-state index contributed by atoms with van der Waals surface area (Å²) in [6.07, 6.45) is 0. The first-order valence-corrected chi connectivity index (χ1v) is 7.99. The van der Waals surface area contributed by atoms with Crippen LogP contribution < -0.4 is 10.6 Å². The fourth-order valence-electron chi connectivity index (χ4n) is 2.16. The molecular formula is C17H17N3O2S. The van der Waals surface area contributed by atoms with Crippen molar-refractivity contribution in [1.29, 1.82) is 0 Å². The minimum absolute atomic E-state index is 0.176. The van der Waals surface area contributed by atoms with Gasteiger partial charge in [-0.1, -0.05) is 6.07 Å². The fourth-order valence-corrected chi connectivity index (χ4v) is 3.23. The number of urea groups is 1. The Kier molecular flexibility index (Phi) is 4.55. The van der Waals surface area contributed by atoms with E-state index in [0.29, 0.717) is 0 Å². The molecule has 1 aromatic heterocycles. The van der Waals surface area contributed by atoms with E-state index in [1.807, 2.05) is 30.3 Å². The zero-order valence-electron chi connectivity index (χ0n) is 12.9. The lowest BCUT2D eigenvalue weighted by Crippen LogP contribution is -2.30. The first-order valence-electron chi connectivity index (χ1n) is 7.17. The Hall–Kier alpha value is -2.44. The molecular weight excluding hydrogens is 310 g/mol. The van der Waals surface area contributed by atoms with Crippen molar-refractivity contribution in [2.45, 2.75) is 6.92 Å². The van der Waals surface area contributed by atoms with Gasteiger partial charge in [0.05, 0.1) is 10.2 Å². The van der Waals surface area contributed by atoms with Crippen molar-refractivity contribution < 1.29 is 9.53 Å². The molecule has 2 aromatic carbocycles. The summed E-state index contributed by atoms with van der Waals surface area (Å²) >= 11 is 1.67. The Balaban J connectivity index is 1.76. The van der Waals surface area contributed by atoms with Crippen LogP contribution in [0.15, 0.2) is 42.5 Å². The van der Waals surface area contributed by atoms with E-state index in [1.54, 1.807) is 11.3 Å². The number of hydrogen-bond acceptors (Lipinski definition) is 4. The minimum Gasteiger partial charge on any atom is -0.364 e. The topological polar surface area (TPSA) is 63.2 Å². The lowest BCUT2D eigenvalue weighted by molar-refractivity contribution is 0.177. The molecule has 0 saturated heterocycles. The van der Waals surface area contributed by atoms with Crippen LogP contribution in [0.2, 0.25) is 0 Å². The largest absolute Gasteiger partial charge is 0.364 e. The monoisotopic (exact) mass is 327 g/mol. The number of aromatic nitrogens is 1. The lowest BCUT2D eigenvalue weighted by Gasteiger charge is -2.06. The Morgan fingerprint density at radius 1 is 1.22 bits per heavy atom. The third-order valence-electron chi connectivity index (χ3n) is 3.31. The van der Waals surface area contributed by atoms with Gasteiger partial charge in [-0.25, -0.2) is 9.78 Å². The normalized spacial score (nSPS) is 10.7. The standard InChI is InChI=1S/C17H17N3O2S/c1-11-3-8-14-15(9-11)23-16(20-14)12-4-6-13(7-5-12)19-17(21)18-10-22-2/h3-9H,10H2,1-2H3,(H2,18,19,21). The van der Waals surface area contributed by atoms with E-state index in [9.17, 15) is 4.79 Å². The summed E-state index contributed by atoms with van der Waals surface area (Å²) in [7, 11) is 1.52. The maximum Gasteiger partial charge on any atom is 0.321 e. The van der Waals surface area contributed by atoms with Crippen LogP contribution in [0.25, 0.3) is 20.8 Å². The van der Waals surface area contributed by atoms with Gasteiger partial charge in [-0.15, -0.1) is 11.3 Å². The number of nitrogens with one attached hydrogen (secondary N) is 2. The second-order valence-corrected chi connectivity index (χ2v) is 6.16. The number of ether oxygens (including phenoxy) is 1. The van der Waals surface area contributed by atoms with Gasteiger partial charge in [0.25, 0.3) is 0 Å². The van der Waals surface area contributed by atoms with Gasteiger partial charge in [-0.05, 0) is 48.9 Å². The molecule has 5 nitrogen and oxygen atoms in total. The molecule has 0 spiro atoms. The smallest absolute Gasteiger partial charge is 0.321 e. The predicted octanol–water partition coefficient (Wildman–Crippen LogP) is 4.00. The number of carbonyl (C=O) groups excluding carboxylic acids is 1. The third-order valence-corrected chi connectivity index (χ3v) is 4.38. The van der Waals surface area contributed by atoms with Gasteiger partial charge in [0, 0.05) is 18.4 Å². The number of carbonyl (C=O) groups is 1. The van der Waals surface area contributed by atoms with E-state index in [0.717, 1.165) is 21.8 Å². The molecule has 3 rings (SSSR count). The predicted molar refractivity (Wildman–Crippen MR) is 93.8 cm³/mol. The van der Waals surface area contributed by atoms with Gasteiger partial charge in [-0.3, -0.25) is 0 Å². The first-order chi connectivity index (χ1) is 11.2. The number of nitrogens with zero attached hydrogens (tertiary/aromatic N) is 1. The van der Waals surface area contributed by atoms with Crippen LogP contribution in [0.5, 0.6) is 0 Å². The molecule has 1 heterocycles. The lowest BCUT2D eigenvalue weighted by atomic mass is 10.2. The highest BCUT2D eigenvalue weighted by molar-refractivity contribution is 7.21. The van der Waals surface area contributed by atoms with Crippen molar-refractivity contribution >= 4 is 33.3 Å². The Morgan fingerprint density at radius 3 is 2.74 bits per heavy atom. The van der Waals surface area contributed by atoms with E-state index in [2.05, 4.69) is 34.7 Å². The highest BCUT2D eigenvalue weighted by Crippen LogP contribution is 2.31. The average Bonchev–Trinajstić information content (AvgIpc) is 2.96. The second kappa shape index (κ2) is 6.76. The van der Waals surface area contributed by atoms with Gasteiger partial charge in [0.15, 0.2) is 0 Å². The third kappa shape index (κ3) is 3.67. The van der Waals surface area contributed by atoms with E-state index in [-0.39, 0.29) is 12.8 Å². The molecule has 2 amide bonds. The molecule has 0 aliphatic rings. The molecule has 0 aliphatic carbocycles. The number of anilines is 1. The number of aryl methyl sites for hydroxylation is 1. The first kappa shape index (κ1) is 15.5. The van der Waals surface area contributed by atoms with E-state index in [4.69, 9.17) is 4.74 Å². The van der Waals surface area contributed by atoms with Crippen LogP contribution in [-0.4, -0.2) is 24.9 Å². The summed E-state index contributed by atoms with van der Waals surface area (Å²) in [5.41, 5.74) is 4.00. The zero-order valence-corrected chi connectivity index (χ0v) is 13.7. The van der Waals surface area contributed by atoms with E-state index >= 15 is 0 Å². The van der Waals surface area contributed by atoms with Gasteiger partial charge in [0.1, 0.15) is 11.7 Å². The Morgan fingerprint density at radius 2 is 2.00 bits per heavy atom. The molecule has 0 fully saturated rings. The molecule has 0 bridgehead atoms. The van der Waals surface area contributed by atoms with Crippen LogP contribution >= 0.6 is 11.3 Å². The van der Waals surface area contributed by atoms with Crippen LogP contribution in [0.1, 0.15) is 5.56 Å². The second-order valence-electron chi connectivity index (χ2n) is 5.13. The van der Waals surface area contributed by atoms with Crippen LogP contribution in [0.4, 0.5) is 10.5 Å². The minimum atomic E-state index is -0.296. The molecule has 6 heteroatoms. The summed E-state index contributed by atoms with van der Waals surface area (Å²) in [6.45, 7) is 2.25. The summed E-state index contributed by atoms with van der Waals surface area (Å²) in [5, 5.41) is 6.28. The summed E-state index contributed by atoms with van der Waals surface area (Å²) in [4.78, 5) is 16.2. The maximum atomic E-state index is 11.6. The van der Waals surface area contributed by atoms with Crippen LogP contribution in [0, 0.1) is 6.92 Å². The van der Waals surface area contributed by atoms with Crippen LogP contribution in [0.3, 0.4) is 0 Å². The molecule has 0 unspecified atom stereocenters. The van der Waals surface area contributed by atoms with Crippen molar-refractivity contribution in [2.24, 2.45) is 0 Å². The van der Waals surface area contributed by atoms with Crippen LogP contribution in [-0.2, 0) is 4.74 Å². The number of benzene rings is 2. The van der Waals surface area contributed by atoms with E-state index < -0.39 is 0 Å². The quantitative estimate of drug-likeness (QED) is 0.712. The highest BCUT2D eigenvalue weighted by atomic mass is 32.1. The summed E-state index contributed by atoms with van der Waals surface area (Å²) in [5.74, 6) is 0. The number of thiazole rings is 1. The van der Waals surface area contributed by atoms with Gasteiger partial charge in [-0.2, -0.15) is 0 Å². The molecule has 2 N–H and O–H groups in total. The van der Waals surface area contributed by atoms with Gasteiger partial charge in [0.2, 0.25) is 0 Å². The van der Waals surface area contributed by atoms with Crippen molar-refractivity contribution in [3.05, 3.63) is 48.0 Å². The summed E-state index contributed by atoms with van der Waals surface area (Å²) in [6, 6.07) is 13.6. The Bertz CT molecular complexity index is 827. The molecule has 0 radical (unpaired) electrons. The zero-order chi connectivity index (χ0) is 16.2. The number of amides is 2. The average molecular weight is 327 g/mol. The van der Waals surface area contributed by atoms with Gasteiger partial charge >= 0.3 is 6.03 Å². The van der Waals surface area contributed by atoms with Crippen molar-refractivity contribution in [1.82, 2.24) is 10.3 Å². The van der Waals surface area contributed by atoms with Crippen molar-refractivity contribution in [3.8, 4) is 10.6 Å². The maximum absolute atomic E-state index is 11.6. The number of rotatable bonds is 4. The van der Waals surface area contributed by atoms with E-state index in [1.165, 1.54) is 17.4 Å². The number of hydrogen-bond donors (Lipinski definition) is 2. The molecule has 3 aromatic rings. The number of methoxy groups -OCH3 is 1. The molecule has 0 saturated carbocycles. The SMILES string of the molecule is COCNC(=O)Nc1ccc(-c2nc3ccc(C)cc3s2)cc1. The van der Waals surface area contributed by atoms with Crippen molar-refractivity contribution in [3.63, 3.8) is 0 Å². The fraction of sp³-hybridized carbons (Fsp3) is 0.176. The van der Waals surface area contributed by atoms with Gasteiger partial charge < -0.3 is 15.4 Å². The Labute approximate surface area is 138 Å². The highest BCUT2D eigenvalue weighted by Gasteiger charge is 2.07.